The maximum atomic E-state index is 12.1. The molecule has 1 fully saturated rings. The molecule has 2 heterocycles. The topological polar surface area (TPSA) is 54.9 Å². The summed E-state index contributed by atoms with van der Waals surface area (Å²) in [5, 5.41) is 3.86. The monoisotopic (exact) mass is 225 g/mol. The fourth-order valence-electron chi connectivity index (χ4n) is 1.74. The van der Waals surface area contributed by atoms with E-state index in [1.807, 2.05) is 19.9 Å². The molecule has 2 atom stereocenters. The molecule has 0 unspecified atom stereocenters. The highest BCUT2D eigenvalue weighted by Crippen LogP contribution is 2.13. The van der Waals surface area contributed by atoms with Gasteiger partial charge < -0.3 is 5.32 Å². The minimum Gasteiger partial charge on any atom is -0.315 e. The third-order valence-corrected chi connectivity index (χ3v) is 4.01. The molecular weight excluding hydrogens is 210 g/mol. The fourth-order valence-corrected chi connectivity index (χ4v) is 3.11. The van der Waals surface area contributed by atoms with Crippen LogP contribution in [0.4, 0.5) is 0 Å². The first kappa shape index (κ1) is 10.7. The van der Waals surface area contributed by atoms with Gasteiger partial charge in [-0.15, -0.1) is 0 Å². The maximum Gasteiger partial charge on any atom is 0.219 e. The van der Waals surface area contributed by atoms with Crippen LogP contribution < -0.4 is 5.32 Å². The average molecular weight is 225 g/mol. The molecule has 0 aromatic carbocycles. The Kier molecular flexibility index (Phi) is 3.11. The Labute approximate surface area is 92.0 Å². The molecule has 4 nitrogen and oxygen atoms in total. The second kappa shape index (κ2) is 4.37. The van der Waals surface area contributed by atoms with Crippen LogP contribution in [0.5, 0.6) is 0 Å². The molecule has 1 aliphatic heterocycles. The fraction of sp³-hybridized carbons (Fsp3) is 0.600. The van der Waals surface area contributed by atoms with Gasteiger partial charge >= 0.3 is 0 Å². The van der Waals surface area contributed by atoms with E-state index in [4.69, 9.17) is 0 Å². The van der Waals surface area contributed by atoms with Gasteiger partial charge in [-0.05, 0) is 32.9 Å². The number of nitrogens with zero attached hydrogens (tertiary/aromatic N) is 2. The largest absolute Gasteiger partial charge is 0.315 e. The van der Waals surface area contributed by atoms with E-state index in [1.54, 1.807) is 0 Å². The molecule has 0 bridgehead atoms. The van der Waals surface area contributed by atoms with Crippen molar-refractivity contribution in [2.45, 2.75) is 30.7 Å². The van der Waals surface area contributed by atoms with Crippen molar-refractivity contribution in [3.63, 3.8) is 0 Å². The van der Waals surface area contributed by atoms with E-state index in [-0.39, 0.29) is 5.25 Å². The zero-order valence-electron chi connectivity index (χ0n) is 8.99. The summed E-state index contributed by atoms with van der Waals surface area (Å²) in [5.41, 5.74) is 1.77. The van der Waals surface area contributed by atoms with Crippen molar-refractivity contribution in [3.05, 3.63) is 17.5 Å². The molecule has 0 spiro atoms. The van der Waals surface area contributed by atoms with E-state index in [2.05, 4.69) is 15.3 Å². The Bertz CT molecular complexity index is 368. The standard InChI is InChI=1S/C10H15N3OS/c1-7-5-8(2)13-10(12-7)15(14)9-3-4-11-6-9/h5,9,11H,3-4,6H2,1-2H3/t9-,15+/m0/s1. The van der Waals surface area contributed by atoms with Crippen LogP contribution in [0.1, 0.15) is 17.8 Å². The third-order valence-electron chi connectivity index (χ3n) is 2.46. The number of aryl methyl sites for hydroxylation is 2. The van der Waals surface area contributed by atoms with Crippen LogP contribution in [0.15, 0.2) is 11.2 Å². The zero-order valence-corrected chi connectivity index (χ0v) is 9.80. The summed E-state index contributed by atoms with van der Waals surface area (Å²) in [4.78, 5) is 8.48. The predicted molar refractivity (Wildman–Crippen MR) is 59.2 cm³/mol. The van der Waals surface area contributed by atoms with Gasteiger partial charge in [-0.3, -0.25) is 4.21 Å². The van der Waals surface area contributed by atoms with Crippen LogP contribution >= 0.6 is 0 Å². The van der Waals surface area contributed by atoms with Gasteiger partial charge in [-0.25, -0.2) is 9.97 Å². The van der Waals surface area contributed by atoms with E-state index in [9.17, 15) is 4.21 Å². The molecule has 1 N–H and O–H groups in total. The first-order chi connectivity index (χ1) is 7.16. The van der Waals surface area contributed by atoms with Crippen LogP contribution in [0.25, 0.3) is 0 Å². The average Bonchev–Trinajstić information content (AvgIpc) is 2.67. The number of hydrogen-bond acceptors (Lipinski definition) is 4. The Morgan fingerprint density at radius 1 is 1.40 bits per heavy atom. The molecule has 15 heavy (non-hydrogen) atoms. The Hall–Kier alpha value is -0.810. The van der Waals surface area contributed by atoms with Gasteiger partial charge in [0.15, 0.2) is 0 Å². The lowest BCUT2D eigenvalue weighted by Crippen LogP contribution is -2.20. The van der Waals surface area contributed by atoms with Gasteiger partial charge in [-0.1, -0.05) is 0 Å². The molecule has 1 saturated heterocycles. The van der Waals surface area contributed by atoms with Gasteiger partial charge in [0.1, 0.15) is 0 Å². The quantitative estimate of drug-likeness (QED) is 0.747. The van der Waals surface area contributed by atoms with E-state index >= 15 is 0 Å². The molecule has 82 valence electrons. The smallest absolute Gasteiger partial charge is 0.219 e. The van der Waals surface area contributed by atoms with Crippen LogP contribution in [0, 0.1) is 13.8 Å². The lowest BCUT2D eigenvalue weighted by molar-refractivity contribution is 0.662. The third kappa shape index (κ3) is 2.41. The SMILES string of the molecule is Cc1cc(C)nc([S@](=O)[C@H]2CCNC2)n1. The van der Waals surface area contributed by atoms with Gasteiger partial charge in [0.05, 0.1) is 16.0 Å². The van der Waals surface area contributed by atoms with E-state index < -0.39 is 10.8 Å². The minimum atomic E-state index is -1.06. The zero-order chi connectivity index (χ0) is 10.8. The second-order valence-electron chi connectivity index (χ2n) is 3.85. The first-order valence-electron chi connectivity index (χ1n) is 5.10. The van der Waals surface area contributed by atoms with Crippen LogP contribution in [-0.2, 0) is 10.8 Å². The first-order valence-corrected chi connectivity index (χ1v) is 6.31. The lowest BCUT2D eigenvalue weighted by Gasteiger charge is -2.07. The van der Waals surface area contributed by atoms with Gasteiger partial charge in [0, 0.05) is 17.9 Å². The van der Waals surface area contributed by atoms with E-state index in [0.717, 1.165) is 30.9 Å². The Morgan fingerprint density at radius 3 is 2.60 bits per heavy atom. The van der Waals surface area contributed by atoms with E-state index in [0.29, 0.717) is 5.16 Å². The number of aromatic nitrogens is 2. The van der Waals surface area contributed by atoms with Gasteiger partial charge in [-0.2, -0.15) is 0 Å². The van der Waals surface area contributed by atoms with Crippen LogP contribution in [0.2, 0.25) is 0 Å². The molecule has 0 aliphatic carbocycles. The summed E-state index contributed by atoms with van der Waals surface area (Å²) in [6, 6.07) is 1.90. The number of rotatable bonds is 2. The van der Waals surface area contributed by atoms with Crippen molar-refractivity contribution in [1.82, 2.24) is 15.3 Å². The molecule has 0 radical (unpaired) electrons. The maximum absolute atomic E-state index is 12.1. The van der Waals surface area contributed by atoms with Gasteiger partial charge in [0.25, 0.3) is 0 Å². The van der Waals surface area contributed by atoms with Crippen molar-refractivity contribution in [1.29, 1.82) is 0 Å². The molecule has 1 aliphatic rings. The Morgan fingerprint density at radius 2 is 2.07 bits per heavy atom. The van der Waals surface area contributed by atoms with Crippen LogP contribution in [0.3, 0.4) is 0 Å². The lowest BCUT2D eigenvalue weighted by atomic mass is 10.4. The van der Waals surface area contributed by atoms with Gasteiger partial charge in [0.2, 0.25) is 5.16 Å². The van der Waals surface area contributed by atoms with Crippen LogP contribution in [-0.4, -0.2) is 32.5 Å². The molecule has 0 amide bonds. The predicted octanol–water partition coefficient (Wildman–Crippen LogP) is 0.563. The summed E-state index contributed by atoms with van der Waals surface area (Å²) < 4.78 is 12.1. The van der Waals surface area contributed by atoms with Crippen molar-refractivity contribution in [3.8, 4) is 0 Å². The summed E-state index contributed by atoms with van der Waals surface area (Å²) >= 11 is 0. The molecule has 5 heteroatoms. The number of hydrogen-bond donors (Lipinski definition) is 1. The molecule has 2 rings (SSSR count). The highest BCUT2D eigenvalue weighted by atomic mass is 32.2. The summed E-state index contributed by atoms with van der Waals surface area (Å²) in [6.07, 6.45) is 0.947. The Balaban J connectivity index is 2.24. The summed E-state index contributed by atoms with van der Waals surface area (Å²) in [7, 11) is -1.06. The van der Waals surface area contributed by atoms with E-state index in [1.165, 1.54) is 0 Å². The highest BCUT2D eigenvalue weighted by Gasteiger charge is 2.24. The highest BCUT2D eigenvalue weighted by molar-refractivity contribution is 7.85. The van der Waals surface area contributed by atoms with Crippen molar-refractivity contribution in [2.24, 2.45) is 0 Å². The number of nitrogens with one attached hydrogen (secondary N) is 1. The minimum absolute atomic E-state index is 0.172. The molecule has 0 saturated carbocycles. The van der Waals surface area contributed by atoms with Crippen molar-refractivity contribution < 1.29 is 4.21 Å². The molecule has 1 aromatic rings. The van der Waals surface area contributed by atoms with Crippen molar-refractivity contribution >= 4 is 10.8 Å². The van der Waals surface area contributed by atoms with Crippen molar-refractivity contribution in [2.75, 3.05) is 13.1 Å². The molecular formula is C10H15N3OS. The normalized spacial score (nSPS) is 22.9. The molecule has 1 aromatic heterocycles. The summed E-state index contributed by atoms with van der Waals surface area (Å²) in [5.74, 6) is 0. The second-order valence-corrected chi connectivity index (χ2v) is 5.47. The summed E-state index contributed by atoms with van der Waals surface area (Å²) in [6.45, 7) is 5.56.